The normalized spacial score (nSPS) is 13.6. The van der Waals surface area contributed by atoms with E-state index in [1.807, 2.05) is 12.1 Å². The van der Waals surface area contributed by atoms with Gasteiger partial charge in [0.2, 0.25) is 0 Å². The van der Waals surface area contributed by atoms with Crippen LogP contribution in [-0.2, 0) is 29.5 Å². The van der Waals surface area contributed by atoms with Crippen LogP contribution in [0, 0.1) is 5.82 Å². The molecule has 196 valence electrons. The molecule has 4 aromatic rings. The van der Waals surface area contributed by atoms with Crippen LogP contribution in [0.1, 0.15) is 16.7 Å². The molecule has 0 fully saturated rings. The number of sulfonamides is 1. The second-order valence-corrected chi connectivity index (χ2v) is 11.0. The lowest BCUT2D eigenvalue weighted by atomic mass is 9.98. The Morgan fingerprint density at radius 1 is 0.816 bits per heavy atom. The molecule has 6 nitrogen and oxygen atoms in total. The van der Waals surface area contributed by atoms with E-state index < -0.39 is 15.8 Å². The summed E-state index contributed by atoms with van der Waals surface area (Å²) in [7, 11) is -0.467. The maximum Gasteiger partial charge on any atom is 0.261 e. The van der Waals surface area contributed by atoms with Crippen molar-refractivity contribution in [3.05, 3.63) is 107 Å². The molecule has 0 atom stereocenters. The fraction of sp³-hybridized carbons (Fsp3) is 0.200. The number of rotatable bonds is 8. The summed E-state index contributed by atoms with van der Waals surface area (Å²) in [6.45, 7) is 2.67. The zero-order chi connectivity index (χ0) is 26.7. The first-order chi connectivity index (χ1) is 18.3. The third-order valence-electron chi connectivity index (χ3n) is 6.75. The molecule has 1 aliphatic rings. The van der Waals surface area contributed by atoms with Gasteiger partial charge in [-0.25, -0.2) is 12.8 Å². The van der Waals surface area contributed by atoms with Crippen LogP contribution in [0.25, 0.3) is 11.1 Å². The van der Waals surface area contributed by atoms with Gasteiger partial charge in [-0.1, -0.05) is 36.4 Å². The number of nitrogens with zero attached hydrogens (tertiary/aromatic N) is 1. The Labute approximate surface area is 222 Å². The number of hydrogen-bond donors (Lipinski definition) is 1. The fourth-order valence-corrected chi connectivity index (χ4v) is 5.75. The third kappa shape index (κ3) is 5.66. The number of hydrogen-bond acceptors (Lipinski definition) is 5. The first kappa shape index (κ1) is 25.8. The smallest absolute Gasteiger partial charge is 0.261 e. The first-order valence-electron chi connectivity index (χ1n) is 12.3. The Kier molecular flexibility index (Phi) is 7.35. The average molecular weight is 533 g/mol. The van der Waals surface area contributed by atoms with Gasteiger partial charge in [0.15, 0.2) is 11.5 Å². The van der Waals surface area contributed by atoms with Crippen molar-refractivity contribution >= 4 is 15.7 Å². The molecule has 0 aromatic heterocycles. The highest BCUT2D eigenvalue weighted by Gasteiger charge is 2.20. The summed E-state index contributed by atoms with van der Waals surface area (Å²) in [5, 5.41) is 0. The van der Waals surface area contributed by atoms with Crippen LogP contribution >= 0.6 is 0 Å². The highest BCUT2D eigenvalue weighted by Crippen LogP contribution is 2.33. The van der Waals surface area contributed by atoms with Gasteiger partial charge >= 0.3 is 0 Å². The molecule has 8 heteroatoms. The van der Waals surface area contributed by atoms with Gasteiger partial charge in [0.1, 0.15) is 5.82 Å². The summed E-state index contributed by atoms with van der Waals surface area (Å²) >= 11 is 0. The van der Waals surface area contributed by atoms with Crippen molar-refractivity contribution in [2.24, 2.45) is 0 Å². The van der Waals surface area contributed by atoms with Crippen LogP contribution in [0.4, 0.5) is 10.1 Å². The van der Waals surface area contributed by atoms with Gasteiger partial charge < -0.3 is 9.47 Å². The van der Waals surface area contributed by atoms with Gasteiger partial charge in [-0.2, -0.15) is 0 Å². The largest absolute Gasteiger partial charge is 0.493 e. The average Bonchev–Trinajstić information content (AvgIpc) is 2.93. The van der Waals surface area contributed by atoms with Crippen molar-refractivity contribution in [2.75, 3.05) is 25.5 Å². The fourth-order valence-electron chi connectivity index (χ4n) is 4.70. The molecule has 0 amide bonds. The Bertz CT molecular complexity index is 1520. The number of methoxy groups -OCH3 is 2. The van der Waals surface area contributed by atoms with Crippen LogP contribution in [0.15, 0.2) is 89.8 Å². The lowest BCUT2D eigenvalue weighted by molar-refractivity contribution is 0.244. The zero-order valence-electron chi connectivity index (χ0n) is 21.3. The summed E-state index contributed by atoms with van der Waals surface area (Å²) < 4.78 is 51.7. The van der Waals surface area contributed by atoms with Crippen molar-refractivity contribution in [2.45, 2.75) is 24.4 Å². The van der Waals surface area contributed by atoms with E-state index in [9.17, 15) is 12.8 Å². The third-order valence-corrected chi connectivity index (χ3v) is 8.15. The number of anilines is 1. The minimum atomic E-state index is -3.79. The molecular weight excluding hydrogens is 503 g/mol. The van der Waals surface area contributed by atoms with Crippen LogP contribution < -0.4 is 14.2 Å². The lowest BCUT2D eigenvalue weighted by Gasteiger charge is -2.29. The first-order valence-corrected chi connectivity index (χ1v) is 13.8. The summed E-state index contributed by atoms with van der Waals surface area (Å²) in [6, 6.07) is 24.5. The summed E-state index contributed by atoms with van der Waals surface area (Å²) in [5.41, 5.74) is 6.26. The Morgan fingerprint density at radius 2 is 1.39 bits per heavy atom. The SMILES string of the molecule is COc1cc2c(cc1OC)CN(Cc1ccc(-c3ccc(NS(=O)(=O)c4ccc(F)cc4)cc3)cc1)CC2. The molecule has 0 radical (unpaired) electrons. The zero-order valence-corrected chi connectivity index (χ0v) is 22.1. The van der Waals surface area contributed by atoms with Crippen LogP contribution in [0.3, 0.4) is 0 Å². The van der Waals surface area contributed by atoms with Crippen molar-refractivity contribution in [1.82, 2.24) is 4.90 Å². The Balaban J connectivity index is 1.22. The maximum atomic E-state index is 13.1. The molecule has 4 aromatic carbocycles. The van der Waals surface area contributed by atoms with Gasteiger partial charge in [-0.15, -0.1) is 0 Å². The van der Waals surface area contributed by atoms with Crippen molar-refractivity contribution in [1.29, 1.82) is 0 Å². The van der Waals surface area contributed by atoms with Crippen LogP contribution in [0.2, 0.25) is 0 Å². The molecule has 38 heavy (non-hydrogen) atoms. The van der Waals surface area contributed by atoms with Crippen LogP contribution in [-0.4, -0.2) is 34.1 Å². The molecule has 1 heterocycles. The monoisotopic (exact) mass is 532 g/mol. The summed E-state index contributed by atoms with van der Waals surface area (Å²) in [4.78, 5) is 2.43. The minimum Gasteiger partial charge on any atom is -0.493 e. The van der Waals surface area contributed by atoms with Crippen molar-refractivity contribution < 1.29 is 22.3 Å². The molecule has 0 unspecified atom stereocenters. The van der Waals surface area contributed by atoms with Crippen molar-refractivity contribution in [3.8, 4) is 22.6 Å². The minimum absolute atomic E-state index is 0.00891. The molecule has 0 bridgehead atoms. The summed E-state index contributed by atoms with van der Waals surface area (Å²) in [6.07, 6.45) is 0.963. The Hall–Kier alpha value is -3.88. The predicted octanol–water partition coefficient (Wildman–Crippen LogP) is 5.87. The van der Waals surface area contributed by atoms with E-state index in [4.69, 9.17) is 9.47 Å². The van der Waals surface area contributed by atoms with Crippen molar-refractivity contribution in [3.63, 3.8) is 0 Å². The molecule has 1 N–H and O–H groups in total. The number of fused-ring (bicyclic) bond motifs is 1. The molecule has 5 rings (SSSR count). The van der Waals surface area contributed by atoms with E-state index >= 15 is 0 Å². The second-order valence-electron chi connectivity index (χ2n) is 9.27. The van der Waals surface area contributed by atoms with E-state index in [0.717, 1.165) is 60.8 Å². The summed E-state index contributed by atoms with van der Waals surface area (Å²) in [5.74, 6) is 1.04. The second kappa shape index (κ2) is 10.8. The molecule has 0 spiro atoms. The number of nitrogens with one attached hydrogen (secondary N) is 1. The Morgan fingerprint density at radius 3 is 2.00 bits per heavy atom. The highest BCUT2D eigenvalue weighted by atomic mass is 32.2. The van der Waals surface area contributed by atoms with Gasteiger partial charge in [0, 0.05) is 25.3 Å². The quantitative estimate of drug-likeness (QED) is 0.308. The lowest BCUT2D eigenvalue weighted by Crippen LogP contribution is -2.30. The van der Waals surface area contributed by atoms with E-state index in [2.05, 4.69) is 46.0 Å². The molecule has 0 aliphatic carbocycles. The van der Waals surface area contributed by atoms with Gasteiger partial charge in [0.25, 0.3) is 10.0 Å². The molecule has 1 aliphatic heterocycles. The predicted molar refractivity (Wildman–Crippen MR) is 146 cm³/mol. The number of ether oxygens (including phenoxy) is 2. The van der Waals surface area contributed by atoms with Gasteiger partial charge in [0.05, 0.1) is 19.1 Å². The van der Waals surface area contributed by atoms with E-state index in [1.165, 1.54) is 28.8 Å². The van der Waals surface area contributed by atoms with Gasteiger partial charge in [-0.05, 0) is 82.8 Å². The molecular formula is C30H29FN2O4S. The van der Waals surface area contributed by atoms with E-state index in [0.29, 0.717) is 5.69 Å². The molecule has 0 saturated carbocycles. The number of halogens is 1. The molecule has 0 saturated heterocycles. The number of benzene rings is 4. The van der Waals surface area contributed by atoms with E-state index in [-0.39, 0.29) is 4.90 Å². The topological polar surface area (TPSA) is 67.9 Å². The van der Waals surface area contributed by atoms with Crippen LogP contribution in [0.5, 0.6) is 11.5 Å². The van der Waals surface area contributed by atoms with E-state index in [1.54, 1.807) is 26.4 Å². The van der Waals surface area contributed by atoms with Gasteiger partial charge in [-0.3, -0.25) is 9.62 Å². The highest BCUT2D eigenvalue weighted by molar-refractivity contribution is 7.92. The maximum absolute atomic E-state index is 13.1. The standard InChI is InChI=1S/C30H29FN2O4S/c1-36-29-17-24-15-16-33(20-25(24)18-30(29)37-2)19-21-3-5-22(6-4-21)23-7-11-27(12-8-23)32-38(34,35)28-13-9-26(31)10-14-28/h3-14,17-18,32H,15-16,19-20H2,1-2H3.